The van der Waals surface area contributed by atoms with E-state index in [0.717, 1.165) is 46.6 Å². The summed E-state index contributed by atoms with van der Waals surface area (Å²) in [5, 5.41) is 13.8. The highest BCUT2D eigenvalue weighted by molar-refractivity contribution is 7.97. The molecule has 3 aromatic rings. The van der Waals surface area contributed by atoms with E-state index < -0.39 is 0 Å². The van der Waals surface area contributed by atoms with E-state index in [9.17, 15) is 4.79 Å². The van der Waals surface area contributed by atoms with E-state index in [4.69, 9.17) is 0 Å². The van der Waals surface area contributed by atoms with Crippen LogP contribution in [0.1, 0.15) is 44.1 Å². The lowest BCUT2D eigenvalue weighted by molar-refractivity contribution is -0.117. The van der Waals surface area contributed by atoms with Crippen LogP contribution in [0.2, 0.25) is 0 Å². The molecule has 3 heterocycles. The van der Waals surface area contributed by atoms with Crippen LogP contribution in [0.5, 0.6) is 0 Å². The quantitative estimate of drug-likeness (QED) is 0.475. The van der Waals surface area contributed by atoms with Crippen LogP contribution in [0, 0.1) is 5.92 Å². The molecule has 1 fully saturated rings. The number of carbonyl (C=O) groups excluding carboxylic acids is 1. The number of nitrogens with one attached hydrogen (secondary N) is 3. The number of rotatable bonds is 7. The van der Waals surface area contributed by atoms with Gasteiger partial charge in [-0.05, 0) is 55.0 Å². The molecule has 2 aliphatic rings. The van der Waals surface area contributed by atoms with Gasteiger partial charge in [-0.15, -0.1) is 0 Å². The minimum atomic E-state index is 0.126. The van der Waals surface area contributed by atoms with E-state index in [1.165, 1.54) is 0 Å². The van der Waals surface area contributed by atoms with Gasteiger partial charge in [0.2, 0.25) is 5.91 Å². The van der Waals surface area contributed by atoms with E-state index in [0.29, 0.717) is 12.5 Å². The number of fused-ring (bicyclic) bond motifs is 1. The summed E-state index contributed by atoms with van der Waals surface area (Å²) in [4.78, 5) is 17.5. The average Bonchev–Trinajstić information content (AvgIpc) is 3.31. The first-order valence-corrected chi connectivity index (χ1v) is 11.2. The summed E-state index contributed by atoms with van der Waals surface area (Å²) in [6, 6.07) is 9.99. The number of aromatic nitrogens is 4. The number of hydrogen-bond acceptors (Lipinski definition) is 6. The van der Waals surface area contributed by atoms with Gasteiger partial charge < -0.3 is 14.9 Å². The smallest absolute Gasteiger partial charge is 0.227 e. The molecule has 1 aliphatic carbocycles. The van der Waals surface area contributed by atoms with Gasteiger partial charge >= 0.3 is 0 Å². The van der Waals surface area contributed by atoms with Crippen LogP contribution in [0.15, 0.2) is 53.8 Å². The van der Waals surface area contributed by atoms with Crippen molar-refractivity contribution in [2.75, 3.05) is 10.6 Å². The van der Waals surface area contributed by atoms with E-state index >= 15 is 0 Å². The van der Waals surface area contributed by atoms with Crippen LogP contribution < -0.4 is 10.6 Å². The Morgan fingerprint density at radius 3 is 2.77 bits per heavy atom. The lowest BCUT2D eigenvalue weighted by Gasteiger charge is -2.26. The predicted octanol–water partition coefficient (Wildman–Crippen LogP) is 4.47. The molecule has 31 heavy (non-hydrogen) atoms. The molecule has 9 heteroatoms. The molecular weight excluding hydrogens is 410 g/mol. The Labute approximate surface area is 185 Å². The molecule has 3 N–H and O–H groups in total. The third-order valence-electron chi connectivity index (χ3n) is 5.31. The molecule has 1 saturated carbocycles. The topological polar surface area (TPSA) is 90.9 Å². The Morgan fingerprint density at radius 2 is 2.06 bits per heavy atom. The van der Waals surface area contributed by atoms with E-state index in [2.05, 4.69) is 50.2 Å². The van der Waals surface area contributed by atoms with Crippen molar-refractivity contribution >= 4 is 35.2 Å². The summed E-state index contributed by atoms with van der Waals surface area (Å²) in [7, 11) is 0. The van der Waals surface area contributed by atoms with Gasteiger partial charge in [0.25, 0.3) is 0 Å². The maximum absolute atomic E-state index is 11.9. The first-order chi connectivity index (χ1) is 15.0. The third-order valence-corrected chi connectivity index (χ3v) is 6.26. The Hall–Kier alpha value is -3.20. The molecule has 1 aromatic carbocycles. The van der Waals surface area contributed by atoms with E-state index in [1.54, 1.807) is 18.1 Å². The van der Waals surface area contributed by atoms with E-state index in [-0.39, 0.29) is 11.8 Å². The van der Waals surface area contributed by atoms with Crippen molar-refractivity contribution in [3.8, 4) is 0 Å². The number of H-pyrrole nitrogens is 1. The fourth-order valence-corrected chi connectivity index (χ4v) is 4.22. The second-order valence-corrected chi connectivity index (χ2v) is 9.29. The second kappa shape index (κ2) is 8.14. The Balaban J connectivity index is 1.29. The minimum absolute atomic E-state index is 0.126. The van der Waals surface area contributed by atoms with Gasteiger partial charge in [-0.25, -0.2) is 4.98 Å². The zero-order chi connectivity index (χ0) is 21.4. The van der Waals surface area contributed by atoms with Crippen LogP contribution in [0.3, 0.4) is 0 Å². The van der Waals surface area contributed by atoms with Crippen molar-refractivity contribution in [2.45, 2.75) is 44.0 Å². The molecule has 0 unspecified atom stereocenters. The summed E-state index contributed by atoms with van der Waals surface area (Å²) in [5.41, 5.74) is 1.93. The highest BCUT2D eigenvalue weighted by atomic mass is 32.2. The highest BCUT2D eigenvalue weighted by Crippen LogP contribution is 2.32. The van der Waals surface area contributed by atoms with Gasteiger partial charge in [-0.2, -0.15) is 5.10 Å². The minimum Gasteiger partial charge on any atom is -0.326 e. The molecule has 8 nitrogen and oxygen atoms in total. The van der Waals surface area contributed by atoms with Crippen LogP contribution >= 0.6 is 11.9 Å². The molecule has 1 aliphatic heterocycles. The first kappa shape index (κ1) is 19.7. The van der Waals surface area contributed by atoms with Gasteiger partial charge in [-0.3, -0.25) is 14.5 Å². The number of amides is 1. The molecule has 2 aromatic heterocycles. The van der Waals surface area contributed by atoms with Crippen LogP contribution in [-0.2, 0) is 11.3 Å². The maximum atomic E-state index is 11.9. The number of imidazole rings is 1. The van der Waals surface area contributed by atoms with Crippen LogP contribution in [0.25, 0.3) is 5.82 Å². The number of benzene rings is 1. The molecule has 5 rings (SSSR count). The molecule has 0 bridgehead atoms. The SMILES string of the molecule is CC(C)c1cc(NC2=CN(Sc3ccc(NC(=O)C4CC4)cc3)Cc3nccn32)n[nH]1. The number of anilines is 2. The zero-order valence-electron chi connectivity index (χ0n) is 17.5. The third kappa shape index (κ3) is 4.46. The lowest BCUT2D eigenvalue weighted by Crippen LogP contribution is -2.23. The number of aromatic amines is 1. The van der Waals surface area contributed by atoms with Crippen molar-refractivity contribution in [1.82, 2.24) is 24.1 Å². The van der Waals surface area contributed by atoms with Gasteiger partial charge in [0.05, 0.1) is 12.7 Å². The van der Waals surface area contributed by atoms with Gasteiger partial charge in [0.1, 0.15) is 11.6 Å². The second-order valence-electron chi connectivity index (χ2n) is 8.17. The Bertz CT molecular complexity index is 1110. The first-order valence-electron chi connectivity index (χ1n) is 10.5. The fraction of sp³-hybridized carbons (Fsp3) is 0.318. The van der Waals surface area contributed by atoms with Crippen molar-refractivity contribution in [3.63, 3.8) is 0 Å². The van der Waals surface area contributed by atoms with E-state index in [1.807, 2.05) is 41.1 Å². The molecule has 160 valence electrons. The number of nitrogens with zero attached hydrogens (tertiary/aromatic N) is 4. The highest BCUT2D eigenvalue weighted by Gasteiger charge is 2.29. The molecule has 0 saturated heterocycles. The van der Waals surface area contributed by atoms with Crippen LogP contribution in [0.4, 0.5) is 11.5 Å². The van der Waals surface area contributed by atoms with Gasteiger partial charge in [0, 0.05) is 40.7 Å². The number of hydrogen-bond donors (Lipinski definition) is 3. The average molecular weight is 436 g/mol. The Morgan fingerprint density at radius 1 is 1.26 bits per heavy atom. The maximum Gasteiger partial charge on any atom is 0.227 e. The normalized spacial score (nSPS) is 15.6. The summed E-state index contributed by atoms with van der Waals surface area (Å²) >= 11 is 1.62. The zero-order valence-corrected chi connectivity index (χ0v) is 18.3. The largest absolute Gasteiger partial charge is 0.326 e. The lowest BCUT2D eigenvalue weighted by atomic mass is 10.1. The monoisotopic (exact) mass is 435 g/mol. The molecule has 0 radical (unpaired) electrons. The predicted molar refractivity (Wildman–Crippen MR) is 122 cm³/mol. The summed E-state index contributed by atoms with van der Waals surface area (Å²) in [5.74, 6) is 3.33. The van der Waals surface area contributed by atoms with Crippen molar-refractivity contribution in [3.05, 3.63) is 60.4 Å². The number of carbonyl (C=O) groups is 1. The van der Waals surface area contributed by atoms with Gasteiger partial charge in [0.15, 0.2) is 5.82 Å². The molecule has 0 atom stereocenters. The van der Waals surface area contributed by atoms with Crippen molar-refractivity contribution in [2.24, 2.45) is 5.92 Å². The summed E-state index contributed by atoms with van der Waals surface area (Å²) in [6.45, 7) is 4.94. The van der Waals surface area contributed by atoms with Crippen molar-refractivity contribution in [1.29, 1.82) is 0 Å². The molecular formula is C22H25N7OS. The Kier molecular flexibility index (Phi) is 5.19. The fourth-order valence-electron chi connectivity index (χ4n) is 3.36. The molecule has 0 spiro atoms. The molecule has 1 amide bonds. The van der Waals surface area contributed by atoms with Crippen molar-refractivity contribution < 1.29 is 4.79 Å². The van der Waals surface area contributed by atoms with Gasteiger partial charge in [-0.1, -0.05) is 13.8 Å². The standard InChI is InChI=1S/C22H25N7OS/c1-14(2)18-11-19(27-26-18)25-21-13-28(12-20-23-9-10-29(20)21)31-17-7-5-16(6-8-17)24-22(30)15-3-4-15/h5-11,13-15H,3-4,12H2,1-2H3,(H,24,30)(H2,25,26,27). The summed E-state index contributed by atoms with van der Waals surface area (Å²) in [6.07, 6.45) is 7.82. The summed E-state index contributed by atoms with van der Waals surface area (Å²) < 4.78 is 4.18. The van der Waals surface area contributed by atoms with Crippen LogP contribution in [-0.4, -0.2) is 30.0 Å².